The number of aryl methyl sites for hydroxylation is 2. The molecule has 0 aliphatic rings. The zero-order valence-electron chi connectivity index (χ0n) is 17.3. The van der Waals surface area contributed by atoms with Crippen molar-refractivity contribution in [2.45, 2.75) is 20.0 Å². The summed E-state index contributed by atoms with van der Waals surface area (Å²) in [5, 5.41) is 10.0. The molecule has 2 aromatic heterocycles. The van der Waals surface area contributed by atoms with Gasteiger partial charge in [0.05, 0.1) is 46.7 Å². The second kappa shape index (κ2) is 8.64. The summed E-state index contributed by atoms with van der Waals surface area (Å²) in [4.78, 5) is 20.7. The third-order valence-corrected chi connectivity index (χ3v) is 4.61. The normalized spacial score (nSPS) is 11.3. The van der Waals surface area contributed by atoms with Crippen LogP contribution in [-0.2, 0) is 18.1 Å². The number of rotatable bonds is 6. The summed E-state index contributed by atoms with van der Waals surface area (Å²) in [5.74, 6) is -0.415. The van der Waals surface area contributed by atoms with E-state index in [9.17, 15) is 18.0 Å². The number of amides is 1. The predicted octanol–water partition coefficient (Wildman–Crippen LogP) is 4.23. The molecule has 2 heterocycles. The molecule has 0 spiro atoms. The molecule has 0 bridgehead atoms. The number of carbonyl (C=O) groups excluding carboxylic acids is 1. The molecule has 1 amide bonds. The number of hydroxylamine groups is 1. The molecule has 1 aromatic carbocycles. The van der Waals surface area contributed by atoms with E-state index >= 15 is 0 Å². The molecule has 0 fully saturated rings. The number of nitrogens with zero attached hydrogens (tertiary/aromatic N) is 3. The van der Waals surface area contributed by atoms with Crippen molar-refractivity contribution in [3.63, 3.8) is 0 Å². The minimum atomic E-state index is -4.66. The highest BCUT2D eigenvalue weighted by molar-refractivity contribution is 5.99. The number of anilines is 4. The minimum Gasteiger partial charge on any atom is -0.354 e. The maximum absolute atomic E-state index is 13.6. The monoisotopic (exact) mass is 434 g/mol. The smallest absolute Gasteiger partial charge is 0.354 e. The Bertz CT molecular complexity index is 1110. The van der Waals surface area contributed by atoms with Crippen molar-refractivity contribution in [3.05, 3.63) is 59.0 Å². The molecular weight excluding hydrogens is 413 g/mol. The first kappa shape index (κ1) is 22.1. The van der Waals surface area contributed by atoms with Crippen LogP contribution in [0.4, 0.5) is 36.1 Å². The zero-order valence-corrected chi connectivity index (χ0v) is 17.3. The van der Waals surface area contributed by atoms with Crippen LogP contribution in [0, 0.1) is 13.8 Å². The van der Waals surface area contributed by atoms with Crippen molar-refractivity contribution in [2.75, 3.05) is 17.7 Å². The van der Waals surface area contributed by atoms with Crippen molar-refractivity contribution < 1.29 is 22.8 Å². The fourth-order valence-corrected chi connectivity index (χ4v) is 3.02. The van der Waals surface area contributed by atoms with E-state index in [4.69, 9.17) is 0 Å². The summed E-state index contributed by atoms with van der Waals surface area (Å²) in [6.45, 7) is 3.61. The Kier molecular flexibility index (Phi) is 6.16. The van der Waals surface area contributed by atoms with Crippen LogP contribution in [0.1, 0.15) is 27.3 Å². The summed E-state index contributed by atoms with van der Waals surface area (Å²) >= 11 is 0. The minimum absolute atomic E-state index is 0.114. The van der Waals surface area contributed by atoms with Gasteiger partial charge in [-0.3, -0.25) is 14.3 Å². The van der Waals surface area contributed by atoms with Crippen LogP contribution in [0.15, 0.2) is 36.5 Å². The van der Waals surface area contributed by atoms with E-state index in [1.807, 2.05) is 6.92 Å². The SMILES string of the molecule is CONC(=O)c1ccccc1Nc1cc(Nc2c(C)nn(C)c2C)ncc1C(F)(F)F. The van der Waals surface area contributed by atoms with Gasteiger partial charge in [0, 0.05) is 19.3 Å². The van der Waals surface area contributed by atoms with Crippen LogP contribution in [0.5, 0.6) is 0 Å². The number of para-hydroxylation sites is 1. The van der Waals surface area contributed by atoms with Crippen molar-refractivity contribution in [1.29, 1.82) is 0 Å². The van der Waals surface area contributed by atoms with Gasteiger partial charge in [0.25, 0.3) is 5.91 Å². The quantitative estimate of drug-likeness (QED) is 0.503. The van der Waals surface area contributed by atoms with Crippen molar-refractivity contribution in [1.82, 2.24) is 20.2 Å². The number of hydrogen-bond donors (Lipinski definition) is 3. The van der Waals surface area contributed by atoms with E-state index in [0.29, 0.717) is 11.4 Å². The Morgan fingerprint density at radius 3 is 2.45 bits per heavy atom. The fourth-order valence-electron chi connectivity index (χ4n) is 3.02. The standard InChI is InChI=1S/C20H21F3N6O2/c1-11-18(12(2)29(3)27-11)26-17-9-16(14(10-24-17)20(21,22)23)25-15-8-6-5-7-13(15)19(30)28-31-4/h5-10H,1-4H3,(H,28,30)(H2,24,25,26). The largest absolute Gasteiger partial charge is 0.419 e. The lowest BCUT2D eigenvalue weighted by Crippen LogP contribution is -2.22. The van der Waals surface area contributed by atoms with E-state index in [2.05, 4.69) is 31.0 Å². The fraction of sp³-hybridized carbons (Fsp3) is 0.250. The summed E-state index contributed by atoms with van der Waals surface area (Å²) in [6.07, 6.45) is -3.92. The molecule has 0 unspecified atom stereocenters. The lowest BCUT2D eigenvalue weighted by molar-refractivity contribution is -0.137. The molecule has 8 nitrogen and oxygen atoms in total. The Labute approximate surface area is 176 Å². The van der Waals surface area contributed by atoms with E-state index in [-0.39, 0.29) is 22.8 Å². The topological polar surface area (TPSA) is 93.1 Å². The highest BCUT2D eigenvalue weighted by Crippen LogP contribution is 2.38. The molecule has 3 rings (SSSR count). The predicted molar refractivity (Wildman–Crippen MR) is 109 cm³/mol. The number of nitrogens with one attached hydrogen (secondary N) is 3. The van der Waals surface area contributed by atoms with Crippen LogP contribution in [0.3, 0.4) is 0 Å². The number of benzene rings is 1. The van der Waals surface area contributed by atoms with E-state index in [1.165, 1.54) is 25.3 Å². The first-order chi connectivity index (χ1) is 14.6. The number of halogens is 3. The third-order valence-electron chi connectivity index (χ3n) is 4.61. The maximum Gasteiger partial charge on any atom is 0.419 e. The summed E-state index contributed by atoms with van der Waals surface area (Å²) in [7, 11) is 3.03. The number of pyridine rings is 1. The molecule has 31 heavy (non-hydrogen) atoms. The van der Waals surface area contributed by atoms with Crippen LogP contribution < -0.4 is 16.1 Å². The van der Waals surface area contributed by atoms with Gasteiger partial charge < -0.3 is 10.6 Å². The number of hydrogen-bond acceptors (Lipinski definition) is 6. The van der Waals surface area contributed by atoms with Crippen LogP contribution in [0.2, 0.25) is 0 Å². The summed E-state index contributed by atoms with van der Waals surface area (Å²) < 4.78 is 42.5. The van der Waals surface area contributed by atoms with E-state index in [0.717, 1.165) is 11.9 Å². The van der Waals surface area contributed by atoms with Gasteiger partial charge in [0.1, 0.15) is 5.82 Å². The average molecular weight is 434 g/mol. The maximum atomic E-state index is 13.6. The van der Waals surface area contributed by atoms with Gasteiger partial charge in [-0.25, -0.2) is 10.5 Å². The van der Waals surface area contributed by atoms with Crippen molar-refractivity contribution >= 4 is 28.8 Å². The second-order valence-electron chi connectivity index (χ2n) is 6.71. The van der Waals surface area contributed by atoms with E-state index < -0.39 is 17.6 Å². The molecule has 3 aromatic rings. The molecule has 164 valence electrons. The number of carbonyl (C=O) groups is 1. The molecule has 0 aliphatic heterocycles. The first-order valence-corrected chi connectivity index (χ1v) is 9.15. The Hall–Kier alpha value is -3.60. The van der Waals surface area contributed by atoms with Crippen molar-refractivity contribution in [2.24, 2.45) is 7.05 Å². The Balaban J connectivity index is 2.03. The first-order valence-electron chi connectivity index (χ1n) is 9.15. The highest BCUT2D eigenvalue weighted by atomic mass is 19.4. The number of aromatic nitrogens is 3. The molecule has 3 N–H and O–H groups in total. The lowest BCUT2D eigenvalue weighted by Gasteiger charge is -2.17. The van der Waals surface area contributed by atoms with Crippen LogP contribution in [-0.4, -0.2) is 27.8 Å². The van der Waals surface area contributed by atoms with Gasteiger partial charge in [-0.05, 0) is 26.0 Å². The average Bonchev–Trinajstić information content (AvgIpc) is 2.94. The summed E-state index contributed by atoms with van der Waals surface area (Å²) in [5.41, 5.74) is 3.34. The highest BCUT2D eigenvalue weighted by Gasteiger charge is 2.34. The molecule has 0 atom stereocenters. The third kappa shape index (κ3) is 4.77. The van der Waals surface area contributed by atoms with Gasteiger partial charge in [-0.2, -0.15) is 18.3 Å². The van der Waals surface area contributed by atoms with Crippen LogP contribution in [0.25, 0.3) is 0 Å². The van der Waals surface area contributed by atoms with Crippen LogP contribution >= 0.6 is 0 Å². The number of alkyl halides is 3. The van der Waals surface area contributed by atoms with Crippen molar-refractivity contribution in [3.8, 4) is 0 Å². The molecule has 0 saturated carbocycles. The van der Waals surface area contributed by atoms with Gasteiger partial charge in [-0.15, -0.1) is 0 Å². The van der Waals surface area contributed by atoms with Gasteiger partial charge >= 0.3 is 6.18 Å². The molecule has 0 radical (unpaired) electrons. The summed E-state index contributed by atoms with van der Waals surface area (Å²) in [6, 6.07) is 7.38. The molecule has 0 saturated heterocycles. The zero-order chi connectivity index (χ0) is 22.8. The second-order valence-corrected chi connectivity index (χ2v) is 6.71. The lowest BCUT2D eigenvalue weighted by atomic mass is 10.1. The Morgan fingerprint density at radius 2 is 1.84 bits per heavy atom. The van der Waals surface area contributed by atoms with Gasteiger partial charge in [0.15, 0.2) is 0 Å². The molecule has 0 aliphatic carbocycles. The molecular formula is C20H21F3N6O2. The Morgan fingerprint density at radius 1 is 1.13 bits per heavy atom. The van der Waals surface area contributed by atoms with E-state index in [1.54, 1.807) is 30.8 Å². The van der Waals surface area contributed by atoms with Gasteiger partial charge in [-0.1, -0.05) is 12.1 Å². The molecule has 11 heteroatoms. The van der Waals surface area contributed by atoms with Gasteiger partial charge in [0.2, 0.25) is 0 Å².